The highest BCUT2D eigenvalue weighted by atomic mass is 35.5. The Morgan fingerprint density at radius 3 is 2.11 bits per heavy atom. The van der Waals surface area contributed by atoms with Crippen LogP contribution in [0.15, 0.2) is 41.3 Å². The first-order valence-electron chi connectivity index (χ1n) is 10.6. The molecule has 0 atom stereocenters. The number of esters is 3. The third kappa shape index (κ3) is 6.59. The van der Waals surface area contributed by atoms with Crippen LogP contribution in [0, 0.1) is 0 Å². The molecule has 0 saturated heterocycles. The molecule has 36 heavy (non-hydrogen) atoms. The zero-order chi connectivity index (χ0) is 27.0. The molecule has 0 aromatic heterocycles. The van der Waals surface area contributed by atoms with Gasteiger partial charge in [0.2, 0.25) is 10.0 Å². The van der Waals surface area contributed by atoms with Crippen molar-refractivity contribution in [3.63, 3.8) is 0 Å². The van der Waals surface area contributed by atoms with Crippen molar-refractivity contribution in [3.05, 3.63) is 58.1 Å². The first-order valence-corrected chi connectivity index (χ1v) is 12.4. The number of benzene rings is 2. The number of carbonyl (C=O) groups excluding carboxylic acids is 4. The third-order valence-electron chi connectivity index (χ3n) is 4.96. The predicted molar refractivity (Wildman–Crippen MR) is 130 cm³/mol. The molecular weight excluding hydrogens is 516 g/mol. The number of methoxy groups -OCH3 is 2. The van der Waals surface area contributed by atoms with Gasteiger partial charge in [-0.1, -0.05) is 25.4 Å². The molecule has 0 aliphatic rings. The van der Waals surface area contributed by atoms with Crippen LogP contribution in [0.1, 0.15) is 44.9 Å². The summed E-state index contributed by atoms with van der Waals surface area (Å²) in [5.74, 6) is -3.37. The fraction of sp³-hybridized carbons (Fsp3) is 0.304. The number of anilines is 1. The quantitative estimate of drug-likeness (QED) is 0.355. The van der Waals surface area contributed by atoms with Gasteiger partial charge in [0.1, 0.15) is 0 Å². The largest absolute Gasteiger partial charge is 0.465 e. The predicted octanol–water partition coefficient (Wildman–Crippen LogP) is 2.74. The maximum Gasteiger partial charge on any atom is 0.340 e. The summed E-state index contributed by atoms with van der Waals surface area (Å²) >= 11 is 6.06. The Labute approximate surface area is 213 Å². The molecule has 11 nitrogen and oxygen atoms in total. The van der Waals surface area contributed by atoms with Gasteiger partial charge in [-0.05, 0) is 36.4 Å². The Balaban J connectivity index is 2.22. The van der Waals surface area contributed by atoms with Gasteiger partial charge in [-0.3, -0.25) is 4.79 Å². The van der Waals surface area contributed by atoms with E-state index in [1.54, 1.807) is 13.8 Å². The molecule has 0 spiro atoms. The fourth-order valence-electron chi connectivity index (χ4n) is 3.11. The van der Waals surface area contributed by atoms with Gasteiger partial charge in [-0.25, -0.2) is 22.8 Å². The summed E-state index contributed by atoms with van der Waals surface area (Å²) in [4.78, 5) is 48.7. The van der Waals surface area contributed by atoms with Crippen molar-refractivity contribution in [1.29, 1.82) is 0 Å². The van der Waals surface area contributed by atoms with Gasteiger partial charge in [0.15, 0.2) is 6.61 Å². The van der Waals surface area contributed by atoms with Crippen LogP contribution in [-0.4, -0.2) is 70.5 Å². The zero-order valence-electron chi connectivity index (χ0n) is 20.0. The maximum absolute atomic E-state index is 12.8. The number of nitrogens with zero attached hydrogens (tertiary/aromatic N) is 1. The molecule has 0 unspecified atom stereocenters. The Bertz CT molecular complexity index is 1270. The summed E-state index contributed by atoms with van der Waals surface area (Å²) < 4.78 is 41.0. The number of nitrogens with one attached hydrogen (secondary N) is 1. The lowest BCUT2D eigenvalue weighted by molar-refractivity contribution is -0.119. The summed E-state index contributed by atoms with van der Waals surface area (Å²) in [6, 6.07) is 7.37. The number of ether oxygens (including phenoxy) is 3. The monoisotopic (exact) mass is 540 g/mol. The summed E-state index contributed by atoms with van der Waals surface area (Å²) in [6.45, 7) is 3.01. The second-order valence-corrected chi connectivity index (χ2v) is 9.44. The lowest BCUT2D eigenvalue weighted by Crippen LogP contribution is -2.30. The highest BCUT2D eigenvalue weighted by Gasteiger charge is 2.25. The van der Waals surface area contributed by atoms with Crippen molar-refractivity contribution in [2.45, 2.75) is 18.7 Å². The zero-order valence-corrected chi connectivity index (χ0v) is 21.6. The second-order valence-electron chi connectivity index (χ2n) is 7.10. The minimum atomic E-state index is -3.87. The SMILES string of the molecule is CCN(CC)S(=O)(=O)c1ccc(Cl)c(C(=O)OCC(=O)Nc2cc(C(=O)OC)ccc2C(=O)OC)c1. The van der Waals surface area contributed by atoms with E-state index in [0.29, 0.717) is 0 Å². The molecule has 0 saturated carbocycles. The Morgan fingerprint density at radius 1 is 0.889 bits per heavy atom. The molecule has 0 fully saturated rings. The number of sulfonamides is 1. The van der Waals surface area contributed by atoms with E-state index in [1.165, 1.54) is 41.7 Å². The van der Waals surface area contributed by atoms with Crippen LogP contribution in [0.2, 0.25) is 5.02 Å². The smallest absolute Gasteiger partial charge is 0.340 e. The van der Waals surface area contributed by atoms with Gasteiger partial charge >= 0.3 is 17.9 Å². The van der Waals surface area contributed by atoms with Gasteiger partial charge in [-0.2, -0.15) is 4.31 Å². The maximum atomic E-state index is 12.8. The number of hydrogen-bond acceptors (Lipinski definition) is 9. The van der Waals surface area contributed by atoms with Crippen molar-refractivity contribution in [3.8, 4) is 0 Å². The molecule has 1 amide bonds. The number of halogens is 1. The molecule has 0 aliphatic heterocycles. The third-order valence-corrected chi connectivity index (χ3v) is 7.33. The molecule has 0 radical (unpaired) electrons. The molecule has 194 valence electrons. The number of carbonyl (C=O) groups is 4. The van der Waals surface area contributed by atoms with E-state index in [1.807, 2.05) is 0 Å². The first kappa shape index (κ1) is 28.8. The normalized spacial score (nSPS) is 11.1. The van der Waals surface area contributed by atoms with Crippen LogP contribution in [0.4, 0.5) is 5.69 Å². The minimum Gasteiger partial charge on any atom is -0.465 e. The lowest BCUT2D eigenvalue weighted by atomic mass is 10.1. The number of amides is 1. The van der Waals surface area contributed by atoms with Gasteiger partial charge in [0.05, 0.1) is 46.5 Å². The highest BCUT2D eigenvalue weighted by molar-refractivity contribution is 7.89. The van der Waals surface area contributed by atoms with Gasteiger partial charge in [-0.15, -0.1) is 0 Å². The highest BCUT2D eigenvalue weighted by Crippen LogP contribution is 2.24. The molecule has 0 aliphatic carbocycles. The number of hydrogen-bond donors (Lipinski definition) is 1. The fourth-order valence-corrected chi connectivity index (χ4v) is 4.79. The molecule has 2 rings (SSSR count). The summed E-state index contributed by atoms with van der Waals surface area (Å²) in [7, 11) is -1.56. The van der Waals surface area contributed by atoms with Crippen molar-refractivity contribution in [1.82, 2.24) is 4.31 Å². The summed E-state index contributed by atoms with van der Waals surface area (Å²) in [6.07, 6.45) is 0. The van der Waals surface area contributed by atoms with E-state index in [-0.39, 0.29) is 45.4 Å². The topological polar surface area (TPSA) is 145 Å². The minimum absolute atomic E-state index is 0.0513. The van der Waals surface area contributed by atoms with Crippen LogP contribution in [0.5, 0.6) is 0 Å². The van der Waals surface area contributed by atoms with E-state index < -0.39 is 40.4 Å². The number of rotatable bonds is 10. The van der Waals surface area contributed by atoms with Gasteiger partial charge < -0.3 is 19.5 Å². The van der Waals surface area contributed by atoms with Crippen LogP contribution < -0.4 is 5.32 Å². The lowest BCUT2D eigenvalue weighted by Gasteiger charge is -2.19. The molecule has 1 N–H and O–H groups in total. The van der Waals surface area contributed by atoms with Crippen LogP contribution >= 0.6 is 11.6 Å². The molecule has 0 bridgehead atoms. The summed E-state index contributed by atoms with van der Waals surface area (Å²) in [5, 5.41) is 2.30. The van der Waals surface area contributed by atoms with Crippen LogP contribution in [0.3, 0.4) is 0 Å². The van der Waals surface area contributed by atoms with Gasteiger partial charge in [0, 0.05) is 13.1 Å². The molecule has 2 aromatic carbocycles. The average molecular weight is 541 g/mol. The molecular formula is C23H25ClN2O9S. The van der Waals surface area contributed by atoms with E-state index >= 15 is 0 Å². The standard InChI is InChI=1S/C23H25ClN2O9S/c1-5-26(6-2)36(31,32)15-8-10-18(24)17(12-15)23(30)35-13-20(27)25-19-11-14(21(28)33-3)7-9-16(19)22(29)34-4/h7-12H,5-6,13H2,1-4H3,(H,25,27). The van der Waals surface area contributed by atoms with Crippen molar-refractivity contribution >= 4 is 51.1 Å². The van der Waals surface area contributed by atoms with Crippen molar-refractivity contribution < 1.29 is 41.8 Å². The Kier molecular flexibility index (Phi) is 9.96. The van der Waals surface area contributed by atoms with Crippen LogP contribution in [0.25, 0.3) is 0 Å². The van der Waals surface area contributed by atoms with E-state index in [2.05, 4.69) is 14.8 Å². The van der Waals surface area contributed by atoms with Gasteiger partial charge in [0.25, 0.3) is 5.91 Å². The van der Waals surface area contributed by atoms with E-state index in [4.69, 9.17) is 16.3 Å². The molecule has 2 aromatic rings. The first-order chi connectivity index (χ1) is 17.0. The van der Waals surface area contributed by atoms with E-state index in [9.17, 15) is 27.6 Å². The molecule has 13 heteroatoms. The van der Waals surface area contributed by atoms with Crippen molar-refractivity contribution in [2.24, 2.45) is 0 Å². The molecule has 0 heterocycles. The van der Waals surface area contributed by atoms with E-state index in [0.717, 1.165) is 13.2 Å². The summed E-state index contributed by atoms with van der Waals surface area (Å²) in [5.41, 5.74) is -0.325. The average Bonchev–Trinajstić information content (AvgIpc) is 2.86. The Hall–Kier alpha value is -3.48. The van der Waals surface area contributed by atoms with Crippen LogP contribution in [-0.2, 0) is 29.0 Å². The Morgan fingerprint density at radius 2 is 1.53 bits per heavy atom. The second kappa shape index (κ2) is 12.5. The van der Waals surface area contributed by atoms with Crippen molar-refractivity contribution in [2.75, 3.05) is 39.2 Å².